The summed E-state index contributed by atoms with van der Waals surface area (Å²) in [7, 11) is 1.49. The van der Waals surface area contributed by atoms with Crippen LogP contribution in [-0.4, -0.2) is 49.2 Å². The van der Waals surface area contributed by atoms with Gasteiger partial charge in [0.05, 0.1) is 23.9 Å². The molecule has 0 saturated carbocycles. The minimum Gasteiger partial charge on any atom is -0.497 e. The predicted octanol–water partition coefficient (Wildman–Crippen LogP) is 2.99. The van der Waals surface area contributed by atoms with Crippen LogP contribution in [0.15, 0.2) is 46.4 Å². The smallest absolute Gasteiger partial charge is 0.341 e. The van der Waals surface area contributed by atoms with E-state index in [0.29, 0.717) is 15.8 Å². The van der Waals surface area contributed by atoms with E-state index in [9.17, 15) is 19.2 Å². The van der Waals surface area contributed by atoms with Crippen molar-refractivity contribution in [3.63, 3.8) is 0 Å². The van der Waals surface area contributed by atoms with Crippen LogP contribution in [-0.2, 0) is 14.4 Å². The number of aliphatic carboxylic acids is 1. The lowest BCUT2D eigenvalue weighted by molar-refractivity contribution is -0.139. The van der Waals surface area contributed by atoms with E-state index in [1.807, 2.05) is 0 Å². The van der Waals surface area contributed by atoms with Gasteiger partial charge in [0.2, 0.25) is 0 Å². The second kappa shape index (κ2) is 10.2. The molecule has 2 N–H and O–H groups in total. The van der Waals surface area contributed by atoms with Gasteiger partial charge in [0, 0.05) is 0 Å². The third kappa shape index (κ3) is 5.32. The van der Waals surface area contributed by atoms with E-state index < -0.39 is 30.4 Å². The molecule has 1 aliphatic heterocycles. The number of carboxylic acid groups (broad SMARTS) is 1. The number of halogens is 1. The van der Waals surface area contributed by atoms with Crippen molar-refractivity contribution < 1.29 is 38.5 Å². The lowest BCUT2D eigenvalue weighted by atomic mass is 10.1. The summed E-state index contributed by atoms with van der Waals surface area (Å²) in [5.41, 5.74) is 0.361. The lowest BCUT2D eigenvalue weighted by Crippen LogP contribution is -2.54. The number of hydrogen-bond donors (Lipinski definition) is 2. The molecule has 2 aromatic carbocycles. The number of amides is 4. The van der Waals surface area contributed by atoms with Crippen molar-refractivity contribution in [2.75, 3.05) is 25.2 Å². The zero-order valence-corrected chi connectivity index (χ0v) is 19.2. The maximum atomic E-state index is 13.1. The Morgan fingerprint density at radius 3 is 2.45 bits per heavy atom. The van der Waals surface area contributed by atoms with Crippen LogP contribution < -0.4 is 24.4 Å². The third-order valence-electron chi connectivity index (χ3n) is 4.41. The summed E-state index contributed by atoms with van der Waals surface area (Å²) in [6, 6.07) is 8.34. The van der Waals surface area contributed by atoms with Gasteiger partial charge in [0.25, 0.3) is 11.8 Å². The first-order chi connectivity index (χ1) is 15.7. The van der Waals surface area contributed by atoms with E-state index in [1.165, 1.54) is 37.5 Å². The summed E-state index contributed by atoms with van der Waals surface area (Å²) >= 11 is 3.30. The SMILES string of the molecule is CCOc1cc(/C=C2\C(=O)NC(=O)N(c3ccc(OC)cc3)C2=O)cc(Br)c1OCC(=O)O. The van der Waals surface area contributed by atoms with Crippen LogP contribution in [0.2, 0.25) is 0 Å². The molecule has 33 heavy (non-hydrogen) atoms. The first-order valence-electron chi connectivity index (χ1n) is 9.61. The van der Waals surface area contributed by atoms with Crippen molar-refractivity contribution >= 4 is 51.5 Å². The zero-order valence-electron chi connectivity index (χ0n) is 17.6. The summed E-state index contributed by atoms with van der Waals surface area (Å²) < 4.78 is 16.2. The van der Waals surface area contributed by atoms with Crippen molar-refractivity contribution in [3.05, 3.63) is 52.0 Å². The second-order valence-corrected chi connectivity index (χ2v) is 7.46. The molecule has 0 atom stereocenters. The number of carbonyl (C=O) groups is 4. The predicted molar refractivity (Wildman–Crippen MR) is 120 cm³/mol. The van der Waals surface area contributed by atoms with Crippen LogP contribution in [0.3, 0.4) is 0 Å². The molecule has 1 fully saturated rings. The highest BCUT2D eigenvalue weighted by molar-refractivity contribution is 9.10. The molecule has 3 rings (SSSR count). The molecule has 0 unspecified atom stereocenters. The molecule has 0 spiro atoms. The van der Waals surface area contributed by atoms with Crippen LogP contribution in [0, 0.1) is 0 Å². The summed E-state index contributed by atoms with van der Waals surface area (Å²) in [6.45, 7) is 1.41. The number of ether oxygens (including phenoxy) is 3. The average molecular weight is 519 g/mol. The van der Waals surface area contributed by atoms with Crippen molar-refractivity contribution in [1.29, 1.82) is 0 Å². The van der Waals surface area contributed by atoms with Gasteiger partial charge in [-0.15, -0.1) is 0 Å². The maximum Gasteiger partial charge on any atom is 0.341 e. The summed E-state index contributed by atoms with van der Waals surface area (Å²) in [5, 5.41) is 11.0. The number of nitrogens with zero attached hydrogens (tertiary/aromatic N) is 1. The van der Waals surface area contributed by atoms with Gasteiger partial charge in [-0.25, -0.2) is 14.5 Å². The summed E-state index contributed by atoms with van der Waals surface area (Å²) in [6.07, 6.45) is 1.30. The van der Waals surface area contributed by atoms with Crippen molar-refractivity contribution in [2.45, 2.75) is 6.92 Å². The topological polar surface area (TPSA) is 131 Å². The molecule has 1 heterocycles. The number of benzene rings is 2. The Hall–Kier alpha value is -3.86. The number of anilines is 1. The standard InChI is InChI=1S/C22H19BrN2O8/c1-3-32-17-10-12(9-16(23)19(17)33-11-18(26)27)8-15-20(28)24-22(30)25(21(15)29)13-4-6-14(31-2)7-5-13/h4-10H,3,11H2,1-2H3,(H,26,27)(H,24,28,30)/b15-8+. The zero-order chi connectivity index (χ0) is 24.1. The Morgan fingerprint density at radius 2 is 1.85 bits per heavy atom. The van der Waals surface area contributed by atoms with Crippen LogP contribution in [0.4, 0.5) is 10.5 Å². The van der Waals surface area contributed by atoms with Crippen LogP contribution >= 0.6 is 15.9 Å². The molecule has 1 saturated heterocycles. The quantitative estimate of drug-likeness (QED) is 0.402. The van der Waals surface area contributed by atoms with Gasteiger partial charge in [0.15, 0.2) is 18.1 Å². The fourth-order valence-corrected chi connectivity index (χ4v) is 3.57. The number of methoxy groups -OCH3 is 1. The van der Waals surface area contributed by atoms with Gasteiger partial charge in [-0.2, -0.15) is 0 Å². The molecule has 0 aromatic heterocycles. The van der Waals surface area contributed by atoms with Gasteiger partial charge in [-0.3, -0.25) is 14.9 Å². The Bertz CT molecular complexity index is 1140. The molecule has 11 heteroatoms. The molecule has 172 valence electrons. The van der Waals surface area contributed by atoms with E-state index in [4.69, 9.17) is 19.3 Å². The Labute approximate surface area is 196 Å². The Balaban J connectivity index is 1.99. The van der Waals surface area contributed by atoms with E-state index in [1.54, 1.807) is 19.1 Å². The fraction of sp³-hybridized carbons (Fsp3) is 0.182. The van der Waals surface area contributed by atoms with Crippen LogP contribution in [0.25, 0.3) is 6.08 Å². The molecule has 4 amide bonds. The molecular weight excluding hydrogens is 500 g/mol. The first-order valence-corrected chi connectivity index (χ1v) is 10.4. The van der Waals surface area contributed by atoms with Gasteiger partial charge < -0.3 is 19.3 Å². The molecule has 0 aliphatic carbocycles. The van der Waals surface area contributed by atoms with E-state index in [0.717, 1.165) is 4.90 Å². The van der Waals surface area contributed by atoms with Crippen molar-refractivity contribution in [1.82, 2.24) is 5.32 Å². The number of hydrogen-bond acceptors (Lipinski definition) is 7. The molecule has 0 bridgehead atoms. The van der Waals surface area contributed by atoms with E-state index in [2.05, 4.69) is 21.2 Å². The highest BCUT2D eigenvalue weighted by atomic mass is 79.9. The number of carboxylic acids is 1. The molecular formula is C22H19BrN2O8. The normalized spacial score (nSPS) is 14.8. The van der Waals surface area contributed by atoms with Gasteiger partial charge in [0.1, 0.15) is 11.3 Å². The molecule has 1 aliphatic rings. The van der Waals surface area contributed by atoms with Crippen LogP contribution in [0.5, 0.6) is 17.2 Å². The monoisotopic (exact) mass is 518 g/mol. The fourth-order valence-electron chi connectivity index (χ4n) is 3.00. The Morgan fingerprint density at radius 1 is 1.15 bits per heavy atom. The van der Waals surface area contributed by atoms with E-state index in [-0.39, 0.29) is 29.4 Å². The Kier molecular flexibility index (Phi) is 7.34. The molecule has 2 aromatic rings. The maximum absolute atomic E-state index is 13.1. The van der Waals surface area contributed by atoms with Crippen LogP contribution in [0.1, 0.15) is 12.5 Å². The lowest BCUT2D eigenvalue weighted by Gasteiger charge is -2.26. The number of carbonyl (C=O) groups excluding carboxylic acids is 3. The van der Waals surface area contributed by atoms with Crippen molar-refractivity contribution in [3.8, 4) is 17.2 Å². The number of imide groups is 2. The molecule has 0 radical (unpaired) electrons. The highest BCUT2D eigenvalue weighted by Crippen LogP contribution is 2.38. The van der Waals surface area contributed by atoms with Gasteiger partial charge >= 0.3 is 12.0 Å². The third-order valence-corrected chi connectivity index (χ3v) is 5.00. The van der Waals surface area contributed by atoms with Crippen molar-refractivity contribution in [2.24, 2.45) is 0 Å². The second-order valence-electron chi connectivity index (χ2n) is 6.60. The number of nitrogens with one attached hydrogen (secondary N) is 1. The largest absolute Gasteiger partial charge is 0.497 e. The minimum atomic E-state index is -1.16. The number of barbiturate groups is 1. The number of urea groups is 1. The highest BCUT2D eigenvalue weighted by Gasteiger charge is 2.36. The van der Waals surface area contributed by atoms with E-state index >= 15 is 0 Å². The average Bonchev–Trinajstić information content (AvgIpc) is 2.76. The summed E-state index contributed by atoms with van der Waals surface area (Å²) in [5.74, 6) is -1.91. The minimum absolute atomic E-state index is 0.163. The van der Waals surface area contributed by atoms with Gasteiger partial charge in [-0.1, -0.05) is 0 Å². The van der Waals surface area contributed by atoms with Gasteiger partial charge in [-0.05, 0) is 70.9 Å². The summed E-state index contributed by atoms with van der Waals surface area (Å²) in [4.78, 5) is 49.5. The molecule has 10 nitrogen and oxygen atoms in total. The first kappa shape index (κ1) is 23.8. The number of rotatable bonds is 8.